The van der Waals surface area contributed by atoms with Crippen LogP contribution in [-0.2, 0) is 4.74 Å². The number of aliphatic hydroxyl groups is 1. The number of aliphatic hydroxyl groups excluding tert-OH is 1. The van der Waals surface area contributed by atoms with E-state index in [1.54, 1.807) is 13.1 Å². The molecule has 32 heavy (non-hydrogen) atoms. The number of carbonyl (C=O) groups is 1. The highest BCUT2D eigenvalue weighted by Gasteiger charge is 2.45. The average molecular weight is 457 g/mol. The molecule has 5 rings (SSSR count). The second-order valence-electron chi connectivity index (χ2n) is 9.60. The van der Waals surface area contributed by atoms with Gasteiger partial charge in [-0.2, -0.15) is 4.98 Å². The van der Waals surface area contributed by atoms with E-state index in [1.807, 2.05) is 43.2 Å². The lowest BCUT2D eigenvalue weighted by Gasteiger charge is -2.40. The first-order valence-electron chi connectivity index (χ1n) is 11.0. The first-order chi connectivity index (χ1) is 15.2. The fourth-order valence-corrected chi connectivity index (χ4v) is 5.26. The van der Waals surface area contributed by atoms with Crippen molar-refractivity contribution in [3.8, 4) is 10.6 Å². The summed E-state index contributed by atoms with van der Waals surface area (Å²) in [6, 6.07) is 4.48. The summed E-state index contributed by atoms with van der Waals surface area (Å²) in [5, 5.41) is 12.9. The quantitative estimate of drug-likeness (QED) is 0.616. The van der Waals surface area contributed by atoms with E-state index >= 15 is 0 Å². The highest BCUT2D eigenvalue weighted by molar-refractivity contribution is 7.13. The molecule has 3 unspecified atom stereocenters. The van der Waals surface area contributed by atoms with Crippen molar-refractivity contribution in [2.75, 3.05) is 18.0 Å². The molecule has 2 bridgehead atoms. The van der Waals surface area contributed by atoms with E-state index in [1.165, 1.54) is 11.3 Å². The minimum absolute atomic E-state index is 0.0741. The van der Waals surface area contributed by atoms with Gasteiger partial charge < -0.3 is 19.2 Å². The van der Waals surface area contributed by atoms with E-state index in [-0.39, 0.29) is 18.2 Å². The Kier molecular flexibility index (Phi) is 5.13. The maximum absolute atomic E-state index is 12.8. The number of hydrogen-bond acceptors (Lipinski definition) is 8. The lowest BCUT2D eigenvalue weighted by molar-refractivity contribution is 0.0120. The van der Waals surface area contributed by atoms with Gasteiger partial charge in [0.2, 0.25) is 0 Å². The molecule has 2 saturated heterocycles. The molecule has 4 heterocycles. The Balaban J connectivity index is 1.45. The molecular formula is C23H28N4O4S. The number of ether oxygens (including phenoxy) is 1. The van der Waals surface area contributed by atoms with Crippen molar-refractivity contribution in [2.45, 2.75) is 64.3 Å². The summed E-state index contributed by atoms with van der Waals surface area (Å²) in [5.41, 5.74) is 2.47. The smallest absolute Gasteiger partial charge is 0.410 e. The third-order valence-corrected chi connectivity index (χ3v) is 6.81. The van der Waals surface area contributed by atoms with Gasteiger partial charge in [-0.05, 0) is 58.2 Å². The number of oxazole rings is 1. The largest absolute Gasteiger partial charge is 0.444 e. The van der Waals surface area contributed by atoms with Gasteiger partial charge in [-0.25, -0.2) is 9.78 Å². The molecule has 2 aromatic heterocycles. The molecule has 170 valence electrons. The number of benzene rings is 1. The highest BCUT2D eigenvalue weighted by atomic mass is 32.1. The molecule has 9 heteroatoms. The maximum atomic E-state index is 12.8. The molecule has 0 aliphatic carbocycles. The second-order valence-corrected chi connectivity index (χ2v) is 10.5. The molecule has 3 atom stereocenters. The van der Waals surface area contributed by atoms with Crippen molar-refractivity contribution in [1.82, 2.24) is 14.9 Å². The second kappa shape index (κ2) is 7.74. The van der Waals surface area contributed by atoms with E-state index in [0.29, 0.717) is 30.2 Å². The summed E-state index contributed by atoms with van der Waals surface area (Å²) in [6.07, 6.45) is 2.78. The molecule has 1 amide bonds. The van der Waals surface area contributed by atoms with Crippen molar-refractivity contribution in [1.29, 1.82) is 0 Å². The molecule has 2 fully saturated rings. The summed E-state index contributed by atoms with van der Waals surface area (Å²) >= 11 is 1.52. The topological polar surface area (TPSA) is 91.9 Å². The molecule has 8 nitrogen and oxygen atoms in total. The van der Waals surface area contributed by atoms with Crippen molar-refractivity contribution >= 4 is 34.5 Å². The monoisotopic (exact) mass is 456 g/mol. The number of fused-ring (bicyclic) bond motifs is 3. The summed E-state index contributed by atoms with van der Waals surface area (Å²) in [4.78, 5) is 26.0. The van der Waals surface area contributed by atoms with Crippen LogP contribution in [0.1, 0.15) is 52.2 Å². The van der Waals surface area contributed by atoms with E-state index in [4.69, 9.17) is 14.1 Å². The molecule has 3 aromatic rings. The summed E-state index contributed by atoms with van der Waals surface area (Å²) in [7, 11) is 0. The van der Waals surface area contributed by atoms with Gasteiger partial charge >= 0.3 is 6.09 Å². The van der Waals surface area contributed by atoms with Crippen molar-refractivity contribution in [2.24, 2.45) is 0 Å². The van der Waals surface area contributed by atoms with Crippen LogP contribution in [-0.4, -0.2) is 56.8 Å². The zero-order valence-corrected chi connectivity index (χ0v) is 19.6. The number of anilines is 1. The van der Waals surface area contributed by atoms with Crippen molar-refractivity contribution in [3.63, 3.8) is 0 Å². The van der Waals surface area contributed by atoms with Crippen LogP contribution in [0, 0.1) is 0 Å². The number of nitrogens with zero attached hydrogens (tertiary/aromatic N) is 4. The maximum Gasteiger partial charge on any atom is 0.410 e. The number of rotatable bonds is 3. The Hall–Kier alpha value is -2.65. The van der Waals surface area contributed by atoms with Crippen LogP contribution in [0.3, 0.4) is 0 Å². The third kappa shape index (κ3) is 3.84. The van der Waals surface area contributed by atoms with Gasteiger partial charge in [-0.1, -0.05) is 0 Å². The van der Waals surface area contributed by atoms with Gasteiger partial charge in [0, 0.05) is 24.7 Å². The highest BCUT2D eigenvalue weighted by Crippen LogP contribution is 2.38. The van der Waals surface area contributed by atoms with Gasteiger partial charge in [0.1, 0.15) is 16.1 Å². The Morgan fingerprint density at radius 2 is 2.00 bits per heavy atom. The Labute approximate surface area is 190 Å². The Morgan fingerprint density at radius 1 is 1.28 bits per heavy atom. The average Bonchev–Trinajstić information content (AvgIpc) is 3.43. The van der Waals surface area contributed by atoms with Crippen molar-refractivity contribution < 1.29 is 19.1 Å². The molecule has 1 aromatic carbocycles. The predicted molar refractivity (Wildman–Crippen MR) is 123 cm³/mol. The lowest BCUT2D eigenvalue weighted by atomic mass is 10.1. The first-order valence-corrected chi connectivity index (χ1v) is 11.9. The summed E-state index contributed by atoms with van der Waals surface area (Å²) in [5.74, 6) is 0. The van der Waals surface area contributed by atoms with Gasteiger partial charge in [-0.15, -0.1) is 11.3 Å². The first kappa shape index (κ1) is 21.2. The summed E-state index contributed by atoms with van der Waals surface area (Å²) in [6.45, 7) is 8.72. The van der Waals surface area contributed by atoms with Crippen LogP contribution in [0.15, 0.2) is 28.1 Å². The van der Waals surface area contributed by atoms with Crippen LogP contribution in [0.25, 0.3) is 21.7 Å². The zero-order chi connectivity index (χ0) is 22.6. The third-order valence-electron chi connectivity index (χ3n) is 6.00. The molecule has 0 radical (unpaired) electrons. The number of piperazine rings is 1. The van der Waals surface area contributed by atoms with Crippen LogP contribution in [0.2, 0.25) is 0 Å². The van der Waals surface area contributed by atoms with E-state index in [2.05, 4.69) is 9.88 Å². The van der Waals surface area contributed by atoms with E-state index < -0.39 is 11.7 Å². The minimum Gasteiger partial charge on any atom is -0.444 e. The molecular weight excluding hydrogens is 428 g/mol. The number of thiazole rings is 1. The molecule has 0 spiro atoms. The number of hydrogen-bond donors (Lipinski definition) is 1. The Morgan fingerprint density at radius 3 is 2.59 bits per heavy atom. The lowest BCUT2D eigenvalue weighted by Crippen LogP contribution is -2.56. The Bertz CT molecular complexity index is 1120. The molecule has 1 N–H and O–H groups in total. The van der Waals surface area contributed by atoms with Crippen molar-refractivity contribution in [3.05, 3.63) is 29.3 Å². The van der Waals surface area contributed by atoms with E-state index in [0.717, 1.165) is 29.0 Å². The number of aromatic nitrogens is 2. The normalized spacial score (nSPS) is 21.9. The van der Waals surface area contributed by atoms with Crippen LogP contribution >= 0.6 is 11.3 Å². The van der Waals surface area contributed by atoms with Crippen LogP contribution in [0.4, 0.5) is 10.8 Å². The summed E-state index contributed by atoms with van der Waals surface area (Å²) < 4.78 is 11.9. The SMILES string of the molecule is CC(O)c1cc(-c2nccs2)c2oc(N3CC4CCC(C3)N4C(=O)OC(C)(C)C)nc2c1. The molecule has 2 aliphatic heterocycles. The van der Waals surface area contributed by atoms with Crippen LogP contribution < -0.4 is 4.90 Å². The number of carbonyl (C=O) groups excluding carboxylic acids is 1. The minimum atomic E-state index is -0.619. The zero-order valence-electron chi connectivity index (χ0n) is 18.7. The number of amides is 1. The molecule has 0 saturated carbocycles. The fraction of sp³-hybridized carbons (Fsp3) is 0.522. The predicted octanol–water partition coefficient (Wildman–Crippen LogP) is 4.59. The molecule has 2 aliphatic rings. The van der Waals surface area contributed by atoms with E-state index in [9.17, 15) is 9.90 Å². The van der Waals surface area contributed by atoms with Gasteiger partial charge in [0.05, 0.1) is 23.8 Å². The fourth-order valence-electron chi connectivity index (χ4n) is 4.61. The van der Waals surface area contributed by atoms with Gasteiger partial charge in [0.15, 0.2) is 5.58 Å². The standard InChI is InChI=1S/C23H28N4O4S/c1-13(28)14-9-17(20-24-7-8-32-20)19-18(10-14)25-21(30-19)26-11-15-5-6-16(12-26)27(15)22(29)31-23(2,3)4/h7-10,13,15-16,28H,5-6,11-12H2,1-4H3. The van der Waals surface area contributed by atoms with Crippen LogP contribution in [0.5, 0.6) is 0 Å². The van der Waals surface area contributed by atoms with Gasteiger partial charge in [-0.3, -0.25) is 4.90 Å². The van der Waals surface area contributed by atoms with Gasteiger partial charge in [0.25, 0.3) is 6.01 Å².